The molecule has 0 atom stereocenters. The van der Waals surface area contributed by atoms with E-state index in [1.165, 1.54) is 19.4 Å². The SMILES string of the molecule is COc1cc(Cl)ccc1-c1nc2nccc(C(=O)O)c2[nH]1. The quantitative estimate of drug-likeness (QED) is 0.776. The van der Waals surface area contributed by atoms with Crippen LogP contribution in [0.4, 0.5) is 0 Å². The topological polar surface area (TPSA) is 88.1 Å². The van der Waals surface area contributed by atoms with Gasteiger partial charge in [-0.3, -0.25) is 0 Å². The molecule has 3 rings (SSSR count). The van der Waals surface area contributed by atoms with Crippen LogP contribution in [0.15, 0.2) is 30.5 Å². The summed E-state index contributed by atoms with van der Waals surface area (Å²) in [7, 11) is 1.53. The molecule has 2 heterocycles. The summed E-state index contributed by atoms with van der Waals surface area (Å²) in [6.07, 6.45) is 1.41. The molecule has 6 nitrogen and oxygen atoms in total. The summed E-state index contributed by atoms with van der Waals surface area (Å²) in [5.41, 5.74) is 1.50. The third kappa shape index (κ3) is 2.30. The maximum Gasteiger partial charge on any atom is 0.338 e. The van der Waals surface area contributed by atoms with Crippen molar-refractivity contribution < 1.29 is 14.6 Å². The number of hydrogen-bond donors (Lipinski definition) is 2. The first-order valence-corrected chi connectivity index (χ1v) is 6.40. The summed E-state index contributed by atoms with van der Waals surface area (Å²) in [5, 5.41) is 9.72. The zero-order valence-corrected chi connectivity index (χ0v) is 11.7. The number of nitrogens with zero attached hydrogens (tertiary/aromatic N) is 2. The number of methoxy groups -OCH3 is 1. The van der Waals surface area contributed by atoms with E-state index in [2.05, 4.69) is 15.0 Å². The molecule has 7 heteroatoms. The van der Waals surface area contributed by atoms with Gasteiger partial charge in [-0.05, 0) is 24.3 Å². The van der Waals surface area contributed by atoms with E-state index >= 15 is 0 Å². The van der Waals surface area contributed by atoms with Crippen molar-refractivity contribution in [1.82, 2.24) is 15.0 Å². The number of pyridine rings is 1. The van der Waals surface area contributed by atoms with Crippen LogP contribution in [0.2, 0.25) is 5.02 Å². The van der Waals surface area contributed by atoms with Crippen LogP contribution in [-0.4, -0.2) is 33.1 Å². The second kappa shape index (κ2) is 5.06. The summed E-state index contributed by atoms with van der Waals surface area (Å²) in [6.45, 7) is 0. The van der Waals surface area contributed by atoms with Crippen molar-refractivity contribution in [1.29, 1.82) is 0 Å². The van der Waals surface area contributed by atoms with Crippen LogP contribution < -0.4 is 4.74 Å². The Bertz CT molecular complexity index is 845. The second-order valence-corrected chi connectivity index (χ2v) is 4.73. The molecule has 0 aliphatic carbocycles. The Morgan fingerprint density at radius 3 is 2.90 bits per heavy atom. The van der Waals surface area contributed by atoms with E-state index in [-0.39, 0.29) is 5.56 Å². The molecule has 21 heavy (non-hydrogen) atoms. The Hall–Kier alpha value is -2.60. The smallest absolute Gasteiger partial charge is 0.338 e. The van der Waals surface area contributed by atoms with E-state index in [1.54, 1.807) is 18.2 Å². The number of ether oxygens (including phenoxy) is 1. The van der Waals surface area contributed by atoms with Gasteiger partial charge in [-0.25, -0.2) is 14.8 Å². The third-order valence-electron chi connectivity index (χ3n) is 3.04. The number of benzene rings is 1. The number of imidazole rings is 1. The van der Waals surface area contributed by atoms with Crippen molar-refractivity contribution in [2.45, 2.75) is 0 Å². The minimum Gasteiger partial charge on any atom is -0.496 e. The number of carboxylic acids is 1. The van der Waals surface area contributed by atoms with E-state index in [9.17, 15) is 9.90 Å². The monoisotopic (exact) mass is 303 g/mol. The fourth-order valence-electron chi connectivity index (χ4n) is 2.08. The lowest BCUT2D eigenvalue weighted by atomic mass is 10.2. The molecule has 0 amide bonds. The molecule has 0 unspecified atom stereocenters. The van der Waals surface area contributed by atoms with Gasteiger partial charge in [0.25, 0.3) is 0 Å². The molecular formula is C14H10ClN3O3. The van der Waals surface area contributed by atoms with E-state index in [0.29, 0.717) is 33.3 Å². The highest BCUT2D eigenvalue weighted by atomic mass is 35.5. The molecule has 0 saturated carbocycles. The molecule has 0 spiro atoms. The number of hydrogen-bond acceptors (Lipinski definition) is 4. The summed E-state index contributed by atoms with van der Waals surface area (Å²) in [4.78, 5) is 22.6. The molecule has 0 bridgehead atoms. The summed E-state index contributed by atoms with van der Waals surface area (Å²) in [5.74, 6) is -0.0289. The van der Waals surface area contributed by atoms with Crippen molar-refractivity contribution in [3.63, 3.8) is 0 Å². The highest BCUT2D eigenvalue weighted by molar-refractivity contribution is 6.30. The lowest BCUT2D eigenvalue weighted by molar-refractivity contribution is 0.0698. The minimum absolute atomic E-state index is 0.117. The summed E-state index contributed by atoms with van der Waals surface area (Å²) in [6, 6.07) is 6.54. The molecule has 106 valence electrons. The van der Waals surface area contributed by atoms with Gasteiger partial charge in [-0.15, -0.1) is 0 Å². The lowest BCUT2D eigenvalue weighted by Crippen LogP contribution is -1.97. The van der Waals surface area contributed by atoms with Crippen LogP contribution in [0.5, 0.6) is 5.75 Å². The summed E-state index contributed by atoms with van der Waals surface area (Å²) >= 11 is 5.93. The molecule has 2 N–H and O–H groups in total. The van der Waals surface area contributed by atoms with Crippen molar-refractivity contribution in [3.05, 3.63) is 41.0 Å². The van der Waals surface area contributed by atoms with E-state index in [0.717, 1.165) is 0 Å². The normalized spacial score (nSPS) is 10.8. The number of aromatic nitrogens is 3. The van der Waals surface area contributed by atoms with Gasteiger partial charge in [0, 0.05) is 11.2 Å². The third-order valence-corrected chi connectivity index (χ3v) is 3.28. The van der Waals surface area contributed by atoms with E-state index < -0.39 is 5.97 Å². The number of fused-ring (bicyclic) bond motifs is 1. The average Bonchev–Trinajstić information content (AvgIpc) is 2.90. The highest BCUT2D eigenvalue weighted by Crippen LogP contribution is 2.31. The van der Waals surface area contributed by atoms with Gasteiger partial charge >= 0.3 is 5.97 Å². The maximum absolute atomic E-state index is 11.2. The van der Waals surface area contributed by atoms with Crippen molar-refractivity contribution in [2.75, 3.05) is 7.11 Å². The molecule has 2 aromatic heterocycles. The van der Waals surface area contributed by atoms with E-state index in [1.807, 2.05) is 0 Å². The first-order chi connectivity index (χ1) is 10.1. The van der Waals surface area contributed by atoms with Crippen LogP contribution in [0.3, 0.4) is 0 Å². The Labute approximate surface area is 124 Å². The lowest BCUT2D eigenvalue weighted by Gasteiger charge is -2.06. The van der Waals surface area contributed by atoms with Crippen molar-refractivity contribution in [3.8, 4) is 17.1 Å². The number of carboxylic acid groups (broad SMARTS) is 1. The Morgan fingerprint density at radius 1 is 1.38 bits per heavy atom. The van der Waals surface area contributed by atoms with Crippen LogP contribution in [0, 0.1) is 0 Å². The number of carbonyl (C=O) groups is 1. The molecule has 0 aliphatic heterocycles. The van der Waals surface area contributed by atoms with Gasteiger partial charge in [-0.1, -0.05) is 11.6 Å². The van der Waals surface area contributed by atoms with Crippen LogP contribution in [0.25, 0.3) is 22.6 Å². The standard InChI is InChI=1S/C14H10ClN3O3/c1-21-10-6-7(15)2-3-8(10)12-17-11-9(14(19)20)4-5-16-13(11)18-12/h2-6H,1H3,(H,19,20)(H,16,17,18). The van der Waals surface area contributed by atoms with Gasteiger partial charge in [0.1, 0.15) is 11.6 Å². The molecular weight excluding hydrogens is 294 g/mol. The molecule has 0 radical (unpaired) electrons. The molecule has 1 aromatic carbocycles. The Morgan fingerprint density at radius 2 is 2.19 bits per heavy atom. The predicted octanol–water partition coefficient (Wildman–Crippen LogP) is 2.99. The van der Waals surface area contributed by atoms with Crippen LogP contribution in [0.1, 0.15) is 10.4 Å². The predicted molar refractivity (Wildman–Crippen MR) is 77.8 cm³/mol. The molecule has 3 aromatic rings. The second-order valence-electron chi connectivity index (χ2n) is 4.29. The highest BCUT2D eigenvalue weighted by Gasteiger charge is 2.16. The fraction of sp³-hybridized carbons (Fsp3) is 0.0714. The van der Waals surface area contributed by atoms with Gasteiger partial charge in [0.2, 0.25) is 0 Å². The molecule has 0 saturated heterocycles. The zero-order valence-electron chi connectivity index (χ0n) is 10.9. The van der Waals surface area contributed by atoms with Crippen molar-refractivity contribution in [2.24, 2.45) is 0 Å². The Balaban J connectivity index is 2.22. The van der Waals surface area contributed by atoms with Crippen molar-refractivity contribution >= 4 is 28.7 Å². The average molecular weight is 304 g/mol. The van der Waals surface area contributed by atoms with E-state index in [4.69, 9.17) is 16.3 Å². The maximum atomic E-state index is 11.2. The number of nitrogens with one attached hydrogen (secondary N) is 1. The first-order valence-electron chi connectivity index (χ1n) is 6.02. The number of aromatic amines is 1. The fourth-order valence-corrected chi connectivity index (χ4v) is 2.24. The molecule has 0 aliphatic rings. The Kier molecular flexibility index (Phi) is 3.23. The van der Waals surface area contributed by atoms with Gasteiger partial charge in [0.15, 0.2) is 5.65 Å². The number of halogens is 1. The van der Waals surface area contributed by atoms with Crippen LogP contribution >= 0.6 is 11.6 Å². The van der Waals surface area contributed by atoms with Gasteiger partial charge < -0.3 is 14.8 Å². The number of H-pyrrole nitrogens is 1. The minimum atomic E-state index is -1.04. The number of rotatable bonds is 3. The summed E-state index contributed by atoms with van der Waals surface area (Å²) < 4.78 is 5.27. The largest absolute Gasteiger partial charge is 0.496 e. The van der Waals surface area contributed by atoms with Gasteiger partial charge in [-0.2, -0.15) is 0 Å². The first kappa shape index (κ1) is 13.4. The molecule has 0 fully saturated rings. The zero-order chi connectivity index (χ0) is 15.0. The van der Waals surface area contributed by atoms with Crippen LogP contribution in [-0.2, 0) is 0 Å². The number of aromatic carboxylic acids is 1. The van der Waals surface area contributed by atoms with Gasteiger partial charge in [0.05, 0.1) is 23.8 Å².